The summed E-state index contributed by atoms with van der Waals surface area (Å²) in [6, 6.07) is 14.0. The van der Waals surface area contributed by atoms with E-state index in [2.05, 4.69) is 4.98 Å². The molecule has 0 bridgehead atoms. The van der Waals surface area contributed by atoms with Crippen molar-refractivity contribution in [3.8, 4) is 16.3 Å². The lowest BCUT2D eigenvalue weighted by molar-refractivity contribution is -0.147. The number of ether oxygens (including phenoxy) is 2. The van der Waals surface area contributed by atoms with E-state index in [4.69, 9.17) is 21.1 Å². The molecule has 0 aliphatic rings. The number of hydrogen-bond acceptors (Lipinski definition) is 6. The fourth-order valence-corrected chi connectivity index (χ4v) is 3.18. The van der Waals surface area contributed by atoms with Crippen LogP contribution in [0.15, 0.2) is 53.9 Å². The molecule has 1 heterocycles. The number of carbonyl (C=O) groups excluding carboxylic acids is 2. The number of aromatic nitrogens is 1. The standard InChI is InChI=1S/C20H16ClNO4S/c1-13(23)15-3-2-4-18(9-15)25-11-19(24)26-10-17-12-27-20(22-17)14-5-7-16(21)8-6-14/h2-9,12H,10-11H2,1H3. The molecule has 138 valence electrons. The lowest BCUT2D eigenvalue weighted by atomic mass is 10.1. The zero-order valence-electron chi connectivity index (χ0n) is 14.5. The summed E-state index contributed by atoms with van der Waals surface area (Å²) in [6.45, 7) is 1.30. The third-order valence-electron chi connectivity index (χ3n) is 3.62. The highest BCUT2D eigenvalue weighted by Crippen LogP contribution is 2.25. The van der Waals surface area contributed by atoms with Gasteiger partial charge in [0.05, 0.1) is 5.69 Å². The van der Waals surface area contributed by atoms with E-state index in [0.29, 0.717) is 22.0 Å². The molecular weight excluding hydrogens is 386 g/mol. The van der Waals surface area contributed by atoms with Crippen LogP contribution in [-0.4, -0.2) is 23.3 Å². The van der Waals surface area contributed by atoms with Crippen LogP contribution in [0.3, 0.4) is 0 Å². The quantitative estimate of drug-likeness (QED) is 0.420. The number of ketones is 1. The Hall–Kier alpha value is -2.70. The Morgan fingerprint density at radius 1 is 1.15 bits per heavy atom. The first-order valence-electron chi connectivity index (χ1n) is 8.11. The van der Waals surface area contributed by atoms with Gasteiger partial charge < -0.3 is 9.47 Å². The summed E-state index contributed by atoms with van der Waals surface area (Å²) < 4.78 is 10.6. The van der Waals surface area contributed by atoms with E-state index in [1.54, 1.807) is 36.4 Å². The van der Waals surface area contributed by atoms with Crippen LogP contribution in [0, 0.1) is 0 Å². The van der Waals surface area contributed by atoms with Gasteiger partial charge in [-0.3, -0.25) is 4.79 Å². The minimum absolute atomic E-state index is 0.0666. The van der Waals surface area contributed by atoms with E-state index in [1.807, 2.05) is 17.5 Å². The van der Waals surface area contributed by atoms with E-state index in [0.717, 1.165) is 10.6 Å². The Morgan fingerprint density at radius 3 is 2.67 bits per heavy atom. The van der Waals surface area contributed by atoms with Gasteiger partial charge in [0.15, 0.2) is 12.4 Å². The summed E-state index contributed by atoms with van der Waals surface area (Å²) >= 11 is 7.35. The zero-order chi connectivity index (χ0) is 19.2. The maximum atomic E-state index is 11.9. The fraction of sp³-hybridized carbons (Fsp3) is 0.150. The number of carbonyl (C=O) groups is 2. The summed E-state index contributed by atoms with van der Waals surface area (Å²) in [7, 11) is 0. The molecule has 1 aromatic heterocycles. The number of halogens is 1. The van der Waals surface area contributed by atoms with Crippen molar-refractivity contribution in [3.63, 3.8) is 0 Å². The van der Waals surface area contributed by atoms with Crippen molar-refractivity contribution in [1.29, 1.82) is 0 Å². The van der Waals surface area contributed by atoms with E-state index in [1.165, 1.54) is 18.3 Å². The topological polar surface area (TPSA) is 65.5 Å². The van der Waals surface area contributed by atoms with E-state index >= 15 is 0 Å². The molecule has 0 fully saturated rings. The van der Waals surface area contributed by atoms with Gasteiger partial charge in [-0.15, -0.1) is 11.3 Å². The van der Waals surface area contributed by atoms with Crippen LogP contribution in [0.2, 0.25) is 5.02 Å². The Balaban J connectivity index is 1.50. The Morgan fingerprint density at radius 2 is 1.93 bits per heavy atom. The summed E-state index contributed by atoms with van der Waals surface area (Å²) in [5.74, 6) is -0.134. The Kier molecular flexibility index (Phi) is 6.21. The molecule has 0 saturated carbocycles. The van der Waals surface area contributed by atoms with Gasteiger partial charge >= 0.3 is 5.97 Å². The van der Waals surface area contributed by atoms with Gasteiger partial charge in [0.1, 0.15) is 17.4 Å². The fourth-order valence-electron chi connectivity index (χ4n) is 2.24. The van der Waals surface area contributed by atoms with Crippen LogP contribution in [0.25, 0.3) is 10.6 Å². The summed E-state index contributed by atoms with van der Waals surface area (Å²) in [5.41, 5.74) is 2.14. The molecule has 7 heteroatoms. The van der Waals surface area contributed by atoms with Crippen molar-refractivity contribution < 1.29 is 19.1 Å². The molecule has 0 saturated heterocycles. The first-order valence-corrected chi connectivity index (χ1v) is 9.37. The first-order chi connectivity index (χ1) is 13.0. The van der Waals surface area contributed by atoms with Crippen LogP contribution in [0.1, 0.15) is 23.0 Å². The second-order valence-electron chi connectivity index (χ2n) is 5.68. The molecule has 0 unspecified atom stereocenters. The molecule has 3 aromatic rings. The smallest absolute Gasteiger partial charge is 0.344 e. The number of thiazole rings is 1. The molecule has 0 aliphatic heterocycles. The average molecular weight is 402 g/mol. The van der Waals surface area contributed by atoms with Crippen molar-refractivity contribution in [2.75, 3.05) is 6.61 Å². The van der Waals surface area contributed by atoms with Crippen LogP contribution in [0.5, 0.6) is 5.75 Å². The van der Waals surface area contributed by atoms with Crippen LogP contribution in [0.4, 0.5) is 0 Å². The predicted octanol–water partition coefficient (Wildman–Crippen LogP) is 4.79. The highest BCUT2D eigenvalue weighted by Gasteiger charge is 2.09. The minimum Gasteiger partial charge on any atom is -0.482 e. The van der Waals surface area contributed by atoms with E-state index in [9.17, 15) is 9.59 Å². The molecule has 0 radical (unpaired) electrons. The highest BCUT2D eigenvalue weighted by atomic mass is 35.5. The maximum absolute atomic E-state index is 11.9. The number of rotatable bonds is 7. The molecule has 0 atom stereocenters. The second kappa shape index (κ2) is 8.79. The Labute approximate surface area is 165 Å². The molecule has 0 aliphatic carbocycles. The summed E-state index contributed by atoms with van der Waals surface area (Å²) in [5, 5.41) is 3.34. The van der Waals surface area contributed by atoms with Crippen molar-refractivity contribution >= 4 is 34.7 Å². The van der Waals surface area contributed by atoms with Crippen LogP contribution >= 0.6 is 22.9 Å². The third kappa shape index (κ3) is 5.39. The van der Waals surface area contributed by atoms with Crippen LogP contribution < -0.4 is 4.74 Å². The van der Waals surface area contributed by atoms with Crippen molar-refractivity contribution in [2.24, 2.45) is 0 Å². The SMILES string of the molecule is CC(=O)c1cccc(OCC(=O)OCc2csc(-c3ccc(Cl)cc3)n2)c1. The van der Waals surface area contributed by atoms with Gasteiger partial charge in [-0.1, -0.05) is 35.9 Å². The van der Waals surface area contributed by atoms with Gasteiger partial charge in [-0.25, -0.2) is 9.78 Å². The number of esters is 1. The lowest BCUT2D eigenvalue weighted by Crippen LogP contribution is -2.15. The largest absolute Gasteiger partial charge is 0.482 e. The van der Waals surface area contributed by atoms with Crippen molar-refractivity contribution in [3.05, 3.63) is 70.2 Å². The molecule has 0 amide bonds. The minimum atomic E-state index is -0.510. The Bertz CT molecular complexity index is 953. The van der Waals surface area contributed by atoms with E-state index in [-0.39, 0.29) is 19.0 Å². The van der Waals surface area contributed by atoms with Gasteiger partial charge in [0, 0.05) is 21.5 Å². The van der Waals surface area contributed by atoms with Gasteiger partial charge in [-0.2, -0.15) is 0 Å². The first kappa shape index (κ1) is 19.1. The maximum Gasteiger partial charge on any atom is 0.344 e. The molecule has 0 spiro atoms. The van der Waals surface area contributed by atoms with Gasteiger partial charge in [0.25, 0.3) is 0 Å². The number of nitrogens with zero attached hydrogens (tertiary/aromatic N) is 1. The summed E-state index contributed by atoms with van der Waals surface area (Å²) in [4.78, 5) is 27.7. The second-order valence-corrected chi connectivity index (χ2v) is 6.98. The molecular formula is C20H16ClNO4S. The molecule has 5 nitrogen and oxygen atoms in total. The summed E-state index contributed by atoms with van der Waals surface area (Å²) in [6.07, 6.45) is 0. The number of benzene rings is 2. The molecule has 3 rings (SSSR count). The third-order valence-corrected chi connectivity index (χ3v) is 4.81. The average Bonchev–Trinajstić information content (AvgIpc) is 3.14. The normalized spacial score (nSPS) is 10.4. The number of hydrogen-bond donors (Lipinski definition) is 0. The van der Waals surface area contributed by atoms with Crippen molar-refractivity contribution in [1.82, 2.24) is 4.98 Å². The molecule has 0 N–H and O–H groups in total. The van der Waals surface area contributed by atoms with Gasteiger partial charge in [0.2, 0.25) is 0 Å². The van der Waals surface area contributed by atoms with Gasteiger partial charge in [-0.05, 0) is 31.2 Å². The van der Waals surface area contributed by atoms with Crippen molar-refractivity contribution in [2.45, 2.75) is 13.5 Å². The zero-order valence-corrected chi connectivity index (χ0v) is 16.0. The highest BCUT2D eigenvalue weighted by molar-refractivity contribution is 7.13. The molecule has 27 heavy (non-hydrogen) atoms. The monoisotopic (exact) mass is 401 g/mol. The number of Topliss-reactive ketones (excluding diaryl/α,β-unsaturated/α-hetero) is 1. The molecule has 2 aromatic carbocycles. The predicted molar refractivity (Wildman–Crippen MR) is 104 cm³/mol. The lowest BCUT2D eigenvalue weighted by Gasteiger charge is -2.07. The van der Waals surface area contributed by atoms with E-state index < -0.39 is 5.97 Å². The van der Waals surface area contributed by atoms with Crippen LogP contribution in [-0.2, 0) is 16.1 Å².